The SMILES string of the molecule is Cc1ccc(C(C)C)cc1CN1C(=O)[C@@](O)(CC(=O)c2ccc3c(c2)CCCC3)c2cc(Br)ccc21. The van der Waals surface area contributed by atoms with E-state index in [9.17, 15) is 14.7 Å². The number of anilines is 1. The smallest absolute Gasteiger partial charge is 0.264 e. The third kappa shape index (κ3) is 4.44. The Labute approximate surface area is 221 Å². The van der Waals surface area contributed by atoms with Gasteiger partial charge in [-0.15, -0.1) is 0 Å². The van der Waals surface area contributed by atoms with Gasteiger partial charge in [0.25, 0.3) is 5.91 Å². The minimum Gasteiger partial charge on any atom is -0.375 e. The maximum Gasteiger partial charge on any atom is 0.264 e. The fourth-order valence-electron chi connectivity index (χ4n) is 5.48. The number of rotatable bonds is 6. The number of Topliss-reactive ketones (excluding diaryl/α,β-unsaturated/α-hetero) is 1. The molecule has 0 bridgehead atoms. The van der Waals surface area contributed by atoms with Crippen LogP contribution in [0.15, 0.2) is 59.1 Å². The lowest BCUT2D eigenvalue weighted by Crippen LogP contribution is -2.41. The number of hydrogen-bond donors (Lipinski definition) is 1. The van der Waals surface area contributed by atoms with Crippen molar-refractivity contribution in [3.05, 3.63) is 98.0 Å². The van der Waals surface area contributed by atoms with Crippen LogP contribution < -0.4 is 4.90 Å². The van der Waals surface area contributed by atoms with E-state index in [1.807, 2.05) is 37.3 Å². The summed E-state index contributed by atoms with van der Waals surface area (Å²) in [7, 11) is 0. The molecule has 186 valence electrons. The molecule has 1 heterocycles. The molecule has 5 heteroatoms. The molecule has 1 aliphatic heterocycles. The van der Waals surface area contributed by atoms with E-state index in [0.29, 0.717) is 29.3 Å². The Morgan fingerprint density at radius 2 is 1.78 bits per heavy atom. The monoisotopic (exact) mass is 545 g/mol. The summed E-state index contributed by atoms with van der Waals surface area (Å²) in [5.41, 5.74) is 5.62. The van der Waals surface area contributed by atoms with Gasteiger partial charge in [-0.05, 0) is 90.6 Å². The highest BCUT2D eigenvalue weighted by Gasteiger charge is 2.51. The summed E-state index contributed by atoms with van der Waals surface area (Å²) in [6.07, 6.45) is 4.03. The number of amides is 1. The van der Waals surface area contributed by atoms with Crippen molar-refractivity contribution in [1.82, 2.24) is 0 Å². The summed E-state index contributed by atoms with van der Waals surface area (Å²) in [4.78, 5) is 28.9. The van der Waals surface area contributed by atoms with Crippen molar-refractivity contribution in [2.75, 3.05) is 4.90 Å². The minimum absolute atomic E-state index is 0.218. The standard InChI is InChI=1S/C31H32BrNO3/c1-19(2)22-9-8-20(3)25(14-22)18-33-28-13-12-26(32)16-27(28)31(36,30(33)35)17-29(34)24-11-10-21-6-4-5-7-23(21)15-24/h8-16,19,36H,4-7,17-18H2,1-3H3/t31-/m1/s1. The largest absolute Gasteiger partial charge is 0.375 e. The lowest BCUT2D eigenvalue weighted by Gasteiger charge is -2.24. The molecule has 1 amide bonds. The summed E-state index contributed by atoms with van der Waals surface area (Å²) in [5, 5.41) is 11.8. The molecule has 3 aromatic carbocycles. The number of carbonyl (C=O) groups is 2. The number of hydrogen-bond acceptors (Lipinski definition) is 3. The molecule has 0 aromatic heterocycles. The first-order chi connectivity index (χ1) is 17.2. The van der Waals surface area contributed by atoms with Crippen LogP contribution >= 0.6 is 15.9 Å². The third-order valence-electron chi connectivity index (χ3n) is 7.75. The molecule has 1 atom stereocenters. The first kappa shape index (κ1) is 24.9. The zero-order chi connectivity index (χ0) is 25.6. The number of ketones is 1. The maximum atomic E-state index is 13.8. The second-order valence-electron chi connectivity index (χ2n) is 10.5. The van der Waals surface area contributed by atoms with Gasteiger partial charge in [0, 0.05) is 15.6 Å². The Balaban J connectivity index is 1.49. The third-order valence-corrected chi connectivity index (χ3v) is 8.24. The molecule has 2 aliphatic rings. The van der Waals surface area contributed by atoms with Gasteiger partial charge in [0.1, 0.15) is 0 Å². The van der Waals surface area contributed by atoms with Crippen LogP contribution in [0.4, 0.5) is 5.69 Å². The van der Waals surface area contributed by atoms with Crippen LogP contribution in [0.25, 0.3) is 0 Å². The number of aryl methyl sites for hydroxylation is 3. The Hall–Kier alpha value is -2.76. The predicted octanol–water partition coefficient (Wildman–Crippen LogP) is 6.77. The van der Waals surface area contributed by atoms with Gasteiger partial charge in [0.15, 0.2) is 11.4 Å². The van der Waals surface area contributed by atoms with Crippen LogP contribution in [0.1, 0.15) is 82.8 Å². The van der Waals surface area contributed by atoms with Crippen molar-refractivity contribution in [1.29, 1.82) is 0 Å². The van der Waals surface area contributed by atoms with Crippen molar-refractivity contribution in [2.45, 2.75) is 70.9 Å². The number of carbonyl (C=O) groups excluding carboxylic acids is 2. The van der Waals surface area contributed by atoms with Crippen molar-refractivity contribution >= 4 is 33.3 Å². The lowest BCUT2D eigenvalue weighted by atomic mass is 9.85. The molecule has 0 unspecified atom stereocenters. The van der Waals surface area contributed by atoms with E-state index in [1.165, 1.54) is 23.1 Å². The summed E-state index contributed by atoms with van der Waals surface area (Å²) in [5.74, 6) is -0.297. The molecule has 0 spiro atoms. The van der Waals surface area contributed by atoms with Gasteiger partial charge < -0.3 is 10.0 Å². The van der Waals surface area contributed by atoms with Crippen LogP contribution in [0.5, 0.6) is 0 Å². The van der Waals surface area contributed by atoms with Crippen molar-refractivity contribution < 1.29 is 14.7 Å². The van der Waals surface area contributed by atoms with E-state index in [2.05, 4.69) is 48.0 Å². The first-order valence-corrected chi connectivity index (χ1v) is 13.6. The molecule has 0 radical (unpaired) electrons. The van der Waals surface area contributed by atoms with E-state index in [-0.39, 0.29) is 12.2 Å². The fraction of sp³-hybridized carbons (Fsp3) is 0.355. The Morgan fingerprint density at radius 3 is 2.53 bits per heavy atom. The van der Waals surface area contributed by atoms with Crippen LogP contribution in [0, 0.1) is 6.92 Å². The highest BCUT2D eigenvalue weighted by molar-refractivity contribution is 9.10. The highest BCUT2D eigenvalue weighted by Crippen LogP contribution is 2.45. The summed E-state index contributed by atoms with van der Waals surface area (Å²) in [6, 6.07) is 17.7. The number of halogens is 1. The number of benzene rings is 3. The predicted molar refractivity (Wildman–Crippen MR) is 147 cm³/mol. The zero-order valence-corrected chi connectivity index (χ0v) is 22.7. The molecule has 36 heavy (non-hydrogen) atoms. The number of fused-ring (bicyclic) bond motifs is 2. The van der Waals surface area contributed by atoms with Crippen LogP contribution in [-0.2, 0) is 29.8 Å². The topological polar surface area (TPSA) is 57.6 Å². The van der Waals surface area contributed by atoms with Crippen LogP contribution in [-0.4, -0.2) is 16.8 Å². The Bertz CT molecular complexity index is 1360. The molecule has 0 saturated carbocycles. The van der Waals surface area contributed by atoms with E-state index in [4.69, 9.17) is 0 Å². The molecular weight excluding hydrogens is 514 g/mol. The summed E-state index contributed by atoms with van der Waals surface area (Å²) >= 11 is 3.49. The normalized spacial score (nSPS) is 18.9. The molecule has 3 aromatic rings. The van der Waals surface area contributed by atoms with Gasteiger partial charge in [-0.2, -0.15) is 0 Å². The van der Waals surface area contributed by atoms with Crippen molar-refractivity contribution in [3.8, 4) is 0 Å². The maximum absolute atomic E-state index is 13.8. The van der Waals surface area contributed by atoms with Gasteiger partial charge in [-0.25, -0.2) is 0 Å². The average molecular weight is 547 g/mol. The molecule has 1 aliphatic carbocycles. The molecule has 0 saturated heterocycles. The first-order valence-electron chi connectivity index (χ1n) is 12.8. The molecular formula is C31H32BrNO3. The van der Waals surface area contributed by atoms with Crippen molar-refractivity contribution in [3.63, 3.8) is 0 Å². The molecule has 4 nitrogen and oxygen atoms in total. The van der Waals surface area contributed by atoms with E-state index < -0.39 is 11.5 Å². The molecule has 5 rings (SSSR count). The molecule has 1 N–H and O–H groups in total. The van der Waals surface area contributed by atoms with Gasteiger partial charge in [-0.3, -0.25) is 9.59 Å². The van der Waals surface area contributed by atoms with E-state index in [0.717, 1.165) is 34.9 Å². The summed E-state index contributed by atoms with van der Waals surface area (Å²) in [6.45, 7) is 6.67. The average Bonchev–Trinajstić information content (AvgIpc) is 3.06. The lowest BCUT2D eigenvalue weighted by molar-refractivity contribution is -0.136. The fourth-order valence-corrected chi connectivity index (χ4v) is 5.84. The van der Waals surface area contributed by atoms with Crippen molar-refractivity contribution in [2.24, 2.45) is 0 Å². The number of nitrogens with zero attached hydrogens (tertiary/aromatic N) is 1. The zero-order valence-electron chi connectivity index (χ0n) is 21.1. The van der Waals surface area contributed by atoms with Gasteiger partial charge in [-0.1, -0.05) is 60.1 Å². The second kappa shape index (κ2) is 9.60. The highest BCUT2D eigenvalue weighted by atomic mass is 79.9. The van der Waals surface area contributed by atoms with Crippen LogP contribution in [0.2, 0.25) is 0 Å². The minimum atomic E-state index is -1.91. The second-order valence-corrected chi connectivity index (χ2v) is 11.5. The van der Waals surface area contributed by atoms with Gasteiger partial charge >= 0.3 is 0 Å². The summed E-state index contributed by atoms with van der Waals surface area (Å²) < 4.78 is 0.758. The quantitative estimate of drug-likeness (QED) is 0.348. The van der Waals surface area contributed by atoms with E-state index in [1.54, 1.807) is 11.0 Å². The van der Waals surface area contributed by atoms with Gasteiger partial charge in [0.2, 0.25) is 0 Å². The number of aliphatic hydroxyl groups is 1. The van der Waals surface area contributed by atoms with Crippen LogP contribution in [0.3, 0.4) is 0 Å². The van der Waals surface area contributed by atoms with E-state index >= 15 is 0 Å². The molecule has 0 fully saturated rings. The van der Waals surface area contributed by atoms with Gasteiger partial charge in [0.05, 0.1) is 18.7 Å². The Kier molecular flexibility index (Phi) is 6.65. The Morgan fingerprint density at radius 1 is 1.03 bits per heavy atom.